The first-order valence-corrected chi connectivity index (χ1v) is 10.4. The third-order valence-corrected chi connectivity index (χ3v) is 6.55. The molecule has 6 nitrogen and oxygen atoms in total. The fourth-order valence-corrected chi connectivity index (χ4v) is 4.78. The van der Waals surface area contributed by atoms with Crippen LogP contribution in [0.5, 0.6) is 0 Å². The zero-order valence-corrected chi connectivity index (χ0v) is 16.2. The molecule has 2 rings (SSSR count). The van der Waals surface area contributed by atoms with Gasteiger partial charge in [-0.2, -0.15) is 0 Å². The van der Waals surface area contributed by atoms with Crippen LogP contribution in [0.2, 0.25) is 10.0 Å². The molecule has 0 spiro atoms. The lowest BCUT2D eigenvalue weighted by Crippen LogP contribution is -2.46. The molecule has 1 aromatic carbocycles. The Bertz CT molecular complexity index is 781. The van der Waals surface area contributed by atoms with Gasteiger partial charge in [0.05, 0.1) is 27.1 Å². The summed E-state index contributed by atoms with van der Waals surface area (Å²) in [4.78, 5) is 26.2. The van der Waals surface area contributed by atoms with Gasteiger partial charge in [0.2, 0.25) is 0 Å². The van der Waals surface area contributed by atoms with E-state index in [4.69, 9.17) is 27.9 Å². The minimum absolute atomic E-state index is 0.0555. The molecule has 1 saturated heterocycles. The van der Waals surface area contributed by atoms with Gasteiger partial charge < -0.3 is 9.64 Å². The number of sulfone groups is 1. The molecule has 1 amide bonds. The maximum Gasteiger partial charge on any atom is 0.338 e. The summed E-state index contributed by atoms with van der Waals surface area (Å²) in [6.07, 6.45) is -0.639. The Labute approximate surface area is 157 Å². The van der Waals surface area contributed by atoms with Crippen LogP contribution in [0.1, 0.15) is 30.6 Å². The van der Waals surface area contributed by atoms with Crippen molar-refractivity contribution in [3.8, 4) is 0 Å². The Kier molecular flexibility index (Phi) is 6.35. The number of likely N-dealkylation sites (N-methyl/N-ethyl adjacent to an activating group) is 1. The molecule has 0 bridgehead atoms. The molecule has 9 heteroatoms. The first kappa shape index (κ1) is 20.0. The molecule has 1 aliphatic rings. The average molecular weight is 408 g/mol. The molecule has 0 radical (unpaired) electrons. The van der Waals surface area contributed by atoms with Gasteiger partial charge in [0.1, 0.15) is 0 Å². The first-order chi connectivity index (χ1) is 11.6. The molecule has 0 aromatic heterocycles. The van der Waals surface area contributed by atoms with E-state index >= 15 is 0 Å². The van der Waals surface area contributed by atoms with Crippen molar-refractivity contribution in [1.29, 1.82) is 0 Å². The number of hydrogen-bond acceptors (Lipinski definition) is 5. The SMILES string of the molecule is CCN(C(=O)[C@@H](C)OC(=O)c1ccc(Cl)c(Cl)c1)[C@@H]1CCS(=O)(=O)C1. The Hall–Kier alpha value is -1.31. The topological polar surface area (TPSA) is 80.8 Å². The van der Waals surface area contributed by atoms with Crippen LogP contribution in [0.4, 0.5) is 0 Å². The number of rotatable bonds is 5. The number of hydrogen-bond donors (Lipinski definition) is 0. The first-order valence-electron chi connectivity index (χ1n) is 7.81. The molecule has 138 valence electrons. The molecule has 25 heavy (non-hydrogen) atoms. The van der Waals surface area contributed by atoms with E-state index in [1.54, 1.807) is 6.92 Å². The van der Waals surface area contributed by atoms with Crippen LogP contribution in [0.15, 0.2) is 18.2 Å². The quantitative estimate of drug-likeness (QED) is 0.700. The second-order valence-electron chi connectivity index (χ2n) is 5.86. The fourth-order valence-electron chi connectivity index (χ4n) is 2.75. The molecule has 1 aromatic rings. The minimum atomic E-state index is -3.11. The maximum atomic E-state index is 12.6. The molecule has 0 N–H and O–H groups in total. The highest BCUT2D eigenvalue weighted by Crippen LogP contribution is 2.23. The highest BCUT2D eigenvalue weighted by molar-refractivity contribution is 7.91. The lowest BCUT2D eigenvalue weighted by molar-refractivity contribution is -0.141. The highest BCUT2D eigenvalue weighted by atomic mass is 35.5. The summed E-state index contributed by atoms with van der Waals surface area (Å²) in [5.41, 5.74) is 0.181. The van der Waals surface area contributed by atoms with Crippen molar-refractivity contribution in [3.05, 3.63) is 33.8 Å². The van der Waals surface area contributed by atoms with Crippen LogP contribution in [-0.2, 0) is 19.4 Å². The lowest BCUT2D eigenvalue weighted by Gasteiger charge is -2.29. The third-order valence-electron chi connectivity index (χ3n) is 4.06. The average Bonchev–Trinajstić information content (AvgIpc) is 2.90. The Morgan fingerprint density at radius 3 is 2.52 bits per heavy atom. The van der Waals surface area contributed by atoms with Gasteiger partial charge in [0, 0.05) is 12.6 Å². The van der Waals surface area contributed by atoms with Crippen LogP contribution in [0.25, 0.3) is 0 Å². The number of carbonyl (C=O) groups excluding carboxylic acids is 2. The Morgan fingerprint density at radius 2 is 2.00 bits per heavy atom. The minimum Gasteiger partial charge on any atom is -0.449 e. The predicted molar refractivity (Wildman–Crippen MR) is 95.8 cm³/mol. The molecular formula is C16H19Cl2NO5S. The summed E-state index contributed by atoms with van der Waals surface area (Å²) < 4.78 is 28.5. The molecule has 1 aliphatic heterocycles. The van der Waals surface area contributed by atoms with Crippen molar-refractivity contribution in [2.24, 2.45) is 0 Å². The number of amides is 1. The van der Waals surface area contributed by atoms with Gasteiger partial charge in [0.15, 0.2) is 15.9 Å². The number of benzene rings is 1. The van der Waals surface area contributed by atoms with Crippen molar-refractivity contribution in [3.63, 3.8) is 0 Å². The lowest BCUT2D eigenvalue weighted by atomic mass is 10.2. The van der Waals surface area contributed by atoms with Crippen molar-refractivity contribution >= 4 is 44.9 Å². The highest BCUT2D eigenvalue weighted by Gasteiger charge is 2.36. The summed E-state index contributed by atoms with van der Waals surface area (Å²) in [6, 6.07) is 3.90. The maximum absolute atomic E-state index is 12.6. The fraction of sp³-hybridized carbons (Fsp3) is 0.500. The van der Waals surface area contributed by atoms with Gasteiger partial charge in [-0.05, 0) is 38.5 Å². The van der Waals surface area contributed by atoms with Crippen molar-refractivity contribution in [1.82, 2.24) is 4.90 Å². The van der Waals surface area contributed by atoms with Gasteiger partial charge in [-0.1, -0.05) is 23.2 Å². The van der Waals surface area contributed by atoms with Gasteiger partial charge in [-0.3, -0.25) is 4.79 Å². The number of nitrogens with zero attached hydrogens (tertiary/aromatic N) is 1. The summed E-state index contributed by atoms with van der Waals surface area (Å²) in [6.45, 7) is 3.56. The van der Waals surface area contributed by atoms with Crippen LogP contribution in [0, 0.1) is 0 Å². The van der Waals surface area contributed by atoms with Crippen molar-refractivity contribution < 1.29 is 22.7 Å². The van der Waals surface area contributed by atoms with E-state index in [9.17, 15) is 18.0 Å². The van der Waals surface area contributed by atoms with Gasteiger partial charge in [0.25, 0.3) is 5.91 Å². The van der Waals surface area contributed by atoms with Crippen LogP contribution >= 0.6 is 23.2 Å². The molecular weight excluding hydrogens is 389 g/mol. The number of carbonyl (C=O) groups is 2. The second kappa shape index (κ2) is 7.93. The van der Waals surface area contributed by atoms with E-state index in [1.165, 1.54) is 30.0 Å². The number of halogens is 2. The van der Waals surface area contributed by atoms with Crippen molar-refractivity contribution in [2.75, 3.05) is 18.1 Å². The van der Waals surface area contributed by atoms with Gasteiger partial charge in [-0.15, -0.1) is 0 Å². The summed E-state index contributed by atoms with van der Waals surface area (Å²) >= 11 is 11.7. The van der Waals surface area contributed by atoms with E-state index in [0.717, 1.165) is 0 Å². The van der Waals surface area contributed by atoms with Crippen LogP contribution in [0.3, 0.4) is 0 Å². The zero-order chi connectivity index (χ0) is 18.8. The Morgan fingerprint density at radius 1 is 1.32 bits per heavy atom. The van der Waals surface area contributed by atoms with Gasteiger partial charge in [-0.25, -0.2) is 13.2 Å². The second-order valence-corrected chi connectivity index (χ2v) is 8.90. The molecule has 0 unspecified atom stereocenters. The molecule has 2 atom stereocenters. The van der Waals surface area contributed by atoms with E-state index in [-0.39, 0.29) is 28.1 Å². The summed E-state index contributed by atoms with van der Waals surface area (Å²) in [7, 11) is -3.11. The normalized spacial score (nSPS) is 20.1. The molecule has 1 fully saturated rings. The van der Waals surface area contributed by atoms with E-state index in [0.29, 0.717) is 18.0 Å². The number of ether oxygens (including phenoxy) is 1. The summed E-state index contributed by atoms with van der Waals surface area (Å²) in [5, 5.41) is 0.517. The molecule has 0 aliphatic carbocycles. The largest absolute Gasteiger partial charge is 0.449 e. The Balaban J connectivity index is 2.05. The van der Waals surface area contributed by atoms with E-state index in [1.807, 2.05) is 0 Å². The monoisotopic (exact) mass is 407 g/mol. The molecule has 1 heterocycles. The van der Waals surface area contributed by atoms with E-state index in [2.05, 4.69) is 0 Å². The smallest absolute Gasteiger partial charge is 0.338 e. The van der Waals surface area contributed by atoms with Gasteiger partial charge >= 0.3 is 5.97 Å². The molecule has 0 saturated carbocycles. The standard InChI is InChI=1S/C16H19Cl2NO5S/c1-3-19(12-6-7-25(22,23)9-12)15(20)10(2)24-16(21)11-4-5-13(17)14(18)8-11/h4-5,8,10,12H,3,6-7,9H2,1-2H3/t10-,12-/m1/s1. The summed E-state index contributed by atoms with van der Waals surface area (Å²) in [5.74, 6) is -1.11. The van der Waals surface area contributed by atoms with Crippen molar-refractivity contribution in [2.45, 2.75) is 32.4 Å². The van der Waals surface area contributed by atoms with Crippen LogP contribution in [-0.4, -0.2) is 55.4 Å². The predicted octanol–water partition coefficient (Wildman–Crippen LogP) is 2.57. The number of esters is 1. The van der Waals surface area contributed by atoms with Crippen LogP contribution < -0.4 is 0 Å². The zero-order valence-electron chi connectivity index (χ0n) is 13.9. The third kappa shape index (κ3) is 4.86. The van der Waals surface area contributed by atoms with E-state index < -0.39 is 27.8 Å².